The molecular formula is C15H20N2O4. The molecule has 0 aromatic heterocycles. The van der Waals surface area contributed by atoms with Gasteiger partial charge in [0.15, 0.2) is 0 Å². The number of hydrogen-bond donors (Lipinski definition) is 2. The van der Waals surface area contributed by atoms with Gasteiger partial charge < -0.3 is 15.1 Å². The summed E-state index contributed by atoms with van der Waals surface area (Å²) in [4.78, 5) is 26.9. The van der Waals surface area contributed by atoms with E-state index in [2.05, 4.69) is 0 Å². The number of aliphatic hydroxyl groups is 1. The van der Waals surface area contributed by atoms with Crippen molar-refractivity contribution in [3.8, 4) is 0 Å². The SMILES string of the molecule is CN(C(=O)N1c2ccccc2C[C@H]1C(=O)O)C(C)(C)CO. The van der Waals surface area contributed by atoms with Crippen molar-refractivity contribution in [2.24, 2.45) is 0 Å². The molecule has 21 heavy (non-hydrogen) atoms. The molecule has 0 saturated carbocycles. The summed E-state index contributed by atoms with van der Waals surface area (Å²) in [7, 11) is 1.57. The summed E-state index contributed by atoms with van der Waals surface area (Å²) >= 11 is 0. The Morgan fingerprint density at radius 1 is 1.38 bits per heavy atom. The van der Waals surface area contributed by atoms with Gasteiger partial charge in [0, 0.05) is 19.2 Å². The van der Waals surface area contributed by atoms with Crippen LogP contribution in [0.4, 0.5) is 10.5 Å². The van der Waals surface area contributed by atoms with Crippen molar-refractivity contribution in [2.75, 3.05) is 18.6 Å². The predicted octanol–water partition coefficient (Wildman–Crippen LogP) is 1.32. The van der Waals surface area contributed by atoms with E-state index in [1.807, 2.05) is 12.1 Å². The summed E-state index contributed by atoms with van der Waals surface area (Å²) in [5, 5.41) is 18.8. The van der Waals surface area contributed by atoms with Gasteiger partial charge in [-0.15, -0.1) is 0 Å². The lowest BCUT2D eigenvalue weighted by atomic mass is 10.1. The Bertz CT molecular complexity index is 571. The van der Waals surface area contributed by atoms with E-state index in [-0.39, 0.29) is 6.61 Å². The first-order valence-electron chi connectivity index (χ1n) is 6.78. The van der Waals surface area contributed by atoms with Crippen LogP contribution >= 0.6 is 0 Å². The Balaban J connectivity index is 2.39. The zero-order valence-electron chi connectivity index (χ0n) is 12.4. The van der Waals surface area contributed by atoms with Crippen molar-refractivity contribution >= 4 is 17.7 Å². The second kappa shape index (κ2) is 5.37. The fourth-order valence-electron chi connectivity index (χ4n) is 2.35. The molecule has 1 heterocycles. The monoisotopic (exact) mass is 292 g/mol. The van der Waals surface area contributed by atoms with Crippen LogP contribution in [0.5, 0.6) is 0 Å². The number of para-hydroxylation sites is 1. The van der Waals surface area contributed by atoms with Gasteiger partial charge in [0.05, 0.1) is 12.1 Å². The molecule has 1 aromatic carbocycles. The fraction of sp³-hybridized carbons (Fsp3) is 0.467. The maximum atomic E-state index is 12.7. The Morgan fingerprint density at radius 2 is 2.00 bits per heavy atom. The molecule has 0 fully saturated rings. The number of urea groups is 1. The molecule has 1 aliphatic heterocycles. The normalized spacial score (nSPS) is 17.5. The van der Waals surface area contributed by atoms with Crippen molar-refractivity contribution in [3.05, 3.63) is 29.8 Å². The Labute approximate surface area is 123 Å². The van der Waals surface area contributed by atoms with E-state index < -0.39 is 23.6 Å². The lowest BCUT2D eigenvalue weighted by Gasteiger charge is -2.37. The first kappa shape index (κ1) is 15.3. The van der Waals surface area contributed by atoms with Crippen molar-refractivity contribution in [2.45, 2.75) is 31.8 Å². The lowest BCUT2D eigenvalue weighted by Crippen LogP contribution is -2.56. The van der Waals surface area contributed by atoms with E-state index >= 15 is 0 Å². The van der Waals surface area contributed by atoms with Crippen molar-refractivity contribution in [3.63, 3.8) is 0 Å². The van der Waals surface area contributed by atoms with E-state index in [1.165, 1.54) is 9.80 Å². The molecule has 0 unspecified atom stereocenters. The number of benzene rings is 1. The van der Waals surface area contributed by atoms with Crippen molar-refractivity contribution in [1.82, 2.24) is 4.90 Å². The molecule has 2 amide bonds. The molecule has 1 atom stereocenters. The molecule has 6 heteroatoms. The number of amides is 2. The average molecular weight is 292 g/mol. The van der Waals surface area contributed by atoms with Crippen molar-refractivity contribution in [1.29, 1.82) is 0 Å². The van der Waals surface area contributed by atoms with Crippen LogP contribution in [0.2, 0.25) is 0 Å². The highest BCUT2D eigenvalue weighted by Gasteiger charge is 2.41. The highest BCUT2D eigenvalue weighted by atomic mass is 16.4. The summed E-state index contributed by atoms with van der Waals surface area (Å²) in [6.07, 6.45) is 0.296. The second-order valence-corrected chi connectivity index (χ2v) is 5.87. The van der Waals surface area contributed by atoms with E-state index in [9.17, 15) is 19.8 Å². The van der Waals surface area contributed by atoms with Crippen LogP contribution in [0.1, 0.15) is 19.4 Å². The lowest BCUT2D eigenvalue weighted by molar-refractivity contribution is -0.138. The molecule has 1 aliphatic rings. The minimum atomic E-state index is -1.03. The third-order valence-electron chi connectivity index (χ3n) is 4.05. The Morgan fingerprint density at radius 3 is 2.57 bits per heavy atom. The zero-order chi connectivity index (χ0) is 15.8. The Hall–Kier alpha value is -2.08. The summed E-state index contributed by atoms with van der Waals surface area (Å²) < 4.78 is 0. The molecule has 0 bridgehead atoms. The molecule has 2 N–H and O–H groups in total. The second-order valence-electron chi connectivity index (χ2n) is 5.87. The maximum absolute atomic E-state index is 12.7. The number of carbonyl (C=O) groups excluding carboxylic acids is 1. The number of carbonyl (C=O) groups is 2. The zero-order valence-corrected chi connectivity index (χ0v) is 12.4. The molecule has 2 rings (SSSR count). The van der Waals surface area contributed by atoms with Gasteiger partial charge in [0.25, 0.3) is 0 Å². The average Bonchev–Trinajstić information content (AvgIpc) is 2.85. The van der Waals surface area contributed by atoms with E-state index in [0.29, 0.717) is 12.1 Å². The van der Waals surface area contributed by atoms with Crippen LogP contribution in [-0.2, 0) is 11.2 Å². The van der Waals surface area contributed by atoms with Gasteiger partial charge >= 0.3 is 12.0 Å². The van der Waals surface area contributed by atoms with Crippen LogP contribution in [0.25, 0.3) is 0 Å². The van der Waals surface area contributed by atoms with E-state index in [4.69, 9.17) is 0 Å². The maximum Gasteiger partial charge on any atom is 0.327 e. The number of hydrogen-bond acceptors (Lipinski definition) is 3. The smallest absolute Gasteiger partial charge is 0.327 e. The first-order chi connectivity index (χ1) is 9.79. The number of aliphatic hydroxyl groups excluding tert-OH is 1. The van der Waals surface area contributed by atoms with Gasteiger partial charge in [-0.2, -0.15) is 0 Å². The minimum absolute atomic E-state index is 0.206. The van der Waals surface area contributed by atoms with Gasteiger partial charge in [-0.3, -0.25) is 4.90 Å². The number of carboxylic acid groups (broad SMARTS) is 1. The number of anilines is 1. The van der Waals surface area contributed by atoms with Crippen LogP contribution in [0.15, 0.2) is 24.3 Å². The molecular weight excluding hydrogens is 272 g/mol. The minimum Gasteiger partial charge on any atom is -0.480 e. The Kier molecular flexibility index (Phi) is 3.91. The highest BCUT2D eigenvalue weighted by molar-refractivity contribution is 6.01. The molecule has 6 nitrogen and oxygen atoms in total. The fourth-order valence-corrected chi connectivity index (χ4v) is 2.35. The quantitative estimate of drug-likeness (QED) is 0.880. The third kappa shape index (κ3) is 2.58. The number of rotatable bonds is 3. The van der Waals surface area contributed by atoms with Crippen LogP contribution in [0, 0.1) is 0 Å². The molecule has 114 valence electrons. The molecule has 0 aliphatic carbocycles. The summed E-state index contributed by atoms with van der Waals surface area (Å²) in [6.45, 7) is 3.24. The van der Waals surface area contributed by atoms with Gasteiger partial charge in [0.2, 0.25) is 0 Å². The predicted molar refractivity (Wildman–Crippen MR) is 78.4 cm³/mol. The van der Waals surface area contributed by atoms with Crippen LogP contribution in [-0.4, -0.2) is 52.3 Å². The van der Waals surface area contributed by atoms with Crippen LogP contribution < -0.4 is 4.90 Å². The van der Waals surface area contributed by atoms with Gasteiger partial charge in [0.1, 0.15) is 6.04 Å². The summed E-state index contributed by atoms with van der Waals surface area (Å²) in [5.74, 6) is -1.03. The van der Waals surface area contributed by atoms with E-state index in [1.54, 1.807) is 33.0 Å². The number of fused-ring (bicyclic) bond motifs is 1. The summed E-state index contributed by atoms with van der Waals surface area (Å²) in [5.41, 5.74) is 0.696. The van der Waals surface area contributed by atoms with Crippen molar-refractivity contribution < 1.29 is 19.8 Å². The largest absolute Gasteiger partial charge is 0.480 e. The molecule has 0 spiro atoms. The number of nitrogens with zero attached hydrogens (tertiary/aromatic N) is 2. The third-order valence-corrected chi connectivity index (χ3v) is 4.05. The molecule has 1 aromatic rings. The first-order valence-corrected chi connectivity index (χ1v) is 6.78. The van der Waals surface area contributed by atoms with Gasteiger partial charge in [-0.1, -0.05) is 18.2 Å². The molecule has 0 radical (unpaired) electrons. The molecule has 0 saturated heterocycles. The number of carboxylic acids is 1. The van der Waals surface area contributed by atoms with Crippen LogP contribution in [0.3, 0.4) is 0 Å². The van der Waals surface area contributed by atoms with E-state index in [0.717, 1.165) is 5.56 Å². The number of aliphatic carboxylic acids is 1. The summed E-state index contributed by atoms with van der Waals surface area (Å²) in [6, 6.07) is 5.84. The standard InChI is InChI=1S/C15H20N2O4/c1-15(2,9-18)16(3)14(21)17-11-7-5-4-6-10(11)8-12(17)13(19)20/h4-7,12,18H,8-9H2,1-3H3,(H,19,20)/t12-/m0/s1. The van der Waals surface area contributed by atoms with Gasteiger partial charge in [-0.05, 0) is 25.5 Å². The van der Waals surface area contributed by atoms with Gasteiger partial charge in [-0.25, -0.2) is 9.59 Å². The highest BCUT2D eigenvalue weighted by Crippen LogP contribution is 2.33. The topological polar surface area (TPSA) is 81.1 Å². The number of likely N-dealkylation sites (N-methyl/N-ethyl adjacent to an activating group) is 1.